The van der Waals surface area contributed by atoms with E-state index in [1.54, 1.807) is 19.1 Å². The molecule has 0 radical (unpaired) electrons. The molecule has 0 bridgehead atoms. The van der Waals surface area contributed by atoms with Gasteiger partial charge in [-0.25, -0.2) is 12.8 Å². The number of hydrogen-bond donors (Lipinski definition) is 1. The third-order valence-electron chi connectivity index (χ3n) is 4.57. The first kappa shape index (κ1) is 18.1. The maximum absolute atomic E-state index is 13.9. The Balaban J connectivity index is 1.77. The van der Waals surface area contributed by atoms with Crippen LogP contribution in [0.2, 0.25) is 0 Å². The first-order chi connectivity index (χ1) is 13.3. The molecule has 4 rings (SSSR count). The van der Waals surface area contributed by atoms with Crippen LogP contribution >= 0.6 is 0 Å². The molecular weight excluding hydrogens is 381 g/mol. The molecule has 0 spiro atoms. The molecule has 3 aromatic carbocycles. The Morgan fingerprint density at radius 1 is 0.929 bits per heavy atom. The SMILES string of the molecule is Cc1ccc(F)c(NC(=O)c2ccc3c(c2)S(=O)(=O)c2ccccc2C3=O)c1. The van der Waals surface area contributed by atoms with Crippen LogP contribution in [0.15, 0.2) is 70.5 Å². The van der Waals surface area contributed by atoms with Crippen molar-refractivity contribution in [3.63, 3.8) is 0 Å². The smallest absolute Gasteiger partial charge is 0.255 e. The summed E-state index contributed by atoms with van der Waals surface area (Å²) >= 11 is 0. The van der Waals surface area contributed by atoms with Gasteiger partial charge >= 0.3 is 0 Å². The predicted octanol–water partition coefficient (Wildman–Crippen LogP) is 3.76. The van der Waals surface area contributed by atoms with Gasteiger partial charge in [-0.05, 0) is 55.0 Å². The molecule has 5 nitrogen and oxygen atoms in total. The quantitative estimate of drug-likeness (QED) is 0.560. The van der Waals surface area contributed by atoms with E-state index in [-0.39, 0.29) is 32.2 Å². The minimum atomic E-state index is -3.95. The number of hydrogen-bond acceptors (Lipinski definition) is 4. The summed E-state index contributed by atoms with van der Waals surface area (Å²) in [5.41, 5.74) is 0.875. The minimum Gasteiger partial charge on any atom is -0.319 e. The van der Waals surface area contributed by atoms with Crippen LogP contribution in [0.4, 0.5) is 10.1 Å². The molecule has 1 aliphatic heterocycles. The zero-order chi connectivity index (χ0) is 20.1. The molecule has 1 heterocycles. The van der Waals surface area contributed by atoms with Crippen LogP contribution < -0.4 is 5.32 Å². The Bertz CT molecular complexity index is 1270. The van der Waals surface area contributed by atoms with Crippen LogP contribution in [0, 0.1) is 12.7 Å². The largest absolute Gasteiger partial charge is 0.319 e. The van der Waals surface area contributed by atoms with Crippen molar-refractivity contribution in [2.75, 3.05) is 5.32 Å². The highest BCUT2D eigenvalue weighted by Crippen LogP contribution is 2.34. The van der Waals surface area contributed by atoms with Gasteiger partial charge in [0.2, 0.25) is 9.84 Å². The van der Waals surface area contributed by atoms with Crippen molar-refractivity contribution in [2.24, 2.45) is 0 Å². The van der Waals surface area contributed by atoms with E-state index in [1.165, 1.54) is 42.5 Å². The third-order valence-corrected chi connectivity index (χ3v) is 6.42. The van der Waals surface area contributed by atoms with E-state index in [1.807, 2.05) is 0 Å². The lowest BCUT2D eigenvalue weighted by molar-refractivity contribution is 0.101. The van der Waals surface area contributed by atoms with E-state index in [4.69, 9.17) is 0 Å². The molecule has 140 valence electrons. The molecule has 1 amide bonds. The number of nitrogens with one attached hydrogen (secondary N) is 1. The van der Waals surface area contributed by atoms with E-state index >= 15 is 0 Å². The number of carbonyl (C=O) groups is 2. The maximum atomic E-state index is 13.9. The molecule has 0 aliphatic carbocycles. The van der Waals surface area contributed by atoms with Gasteiger partial charge in [0.25, 0.3) is 5.91 Å². The van der Waals surface area contributed by atoms with Crippen molar-refractivity contribution in [2.45, 2.75) is 16.7 Å². The molecule has 0 saturated carbocycles. The zero-order valence-electron chi connectivity index (χ0n) is 14.7. The lowest BCUT2D eigenvalue weighted by Gasteiger charge is -2.19. The normalized spacial score (nSPS) is 14.1. The van der Waals surface area contributed by atoms with Crippen LogP contribution in [-0.2, 0) is 9.84 Å². The van der Waals surface area contributed by atoms with E-state index in [2.05, 4.69) is 5.32 Å². The fourth-order valence-corrected chi connectivity index (χ4v) is 4.83. The van der Waals surface area contributed by atoms with Crippen LogP contribution in [0.5, 0.6) is 0 Å². The lowest BCUT2D eigenvalue weighted by Crippen LogP contribution is -2.21. The summed E-state index contributed by atoms with van der Waals surface area (Å²) in [4.78, 5) is 24.9. The topological polar surface area (TPSA) is 80.3 Å². The number of amides is 1. The number of rotatable bonds is 2. The first-order valence-electron chi connectivity index (χ1n) is 8.39. The maximum Gasteiger partial charge on any atom is 0.255 e. The van der Waals surface area contributed by atoms with Gasteiger partial charge in [0.1, 0.15) is 5.82 Å². The number of halogens is 1. The van der Waals surface area contributed by atoms with Gasteiger partial charge < -0.3 is 5.32 Å². The fraction of sp³-hybridized carbons (Fsp3) is 0.0476. The second kappa shape index (κ2) is 6.38. The number of sulfone groups is 1. The number of ketones is 1. The van der Waals surface area contributed by atoms with Crippen molar-refractivity contribution in [3.05, 3.63) is 88.7 Å². The molecule has 0 unspecified atom stereocenters. The molecule has 0 aromatic heterocycles. The van der Waals surface area contributed by atoms with Crippen molar-refractivity contribution in [1.29, 1.82) is 0 Å². The standard InChI is InChI=1S/C21H14FNO4S/c1-12-6-9-16(22)17(10-12)23-21(25)13-7-8-15-19(11-13)28(26,27)18-5-3-2-4-14(18)20(15)24/h2-11H,1H3,(H,23,25). The van der Waals surface area contributed by atoms with Gasteiger partial charge in [-0.1, -0.05) is 18.2 Å². The summed E-state index contributed by atoms with van der Waals surface area (Å²) in [6.45, 7) is 1.75. The number of carbonyl (C=O) groups excluding carboxylic acids is 2. The number of benzene rings is 3. The van der Waals surface area contributed by atoms with Crippen LogP contribution in [0.3, 0.4) is 0 Å². The summed E-state index contributed by atoms with van der Waals surface area (Å²) in [6, 6.07) is 14.0. The highest BCUT2D eigenvalue weighted by Gasteiger charge is 2.35. The minimum absolute atomic E-state index is 0.00741. The van der Waals surface area contributed by atoms with E-state index in [9.17, 15) is 22.4 Å². The van der Waals surface area contributed by atoms with Crippen molar-refractivity contribution >= 4 is 27.2 Å². The predicted molar refractivity (Wildman–Crippen MR) is 101 cm³/mol. The Kier molecular flexibility index (Phi) is 4.12. The first-order valence-corrected chi connectivity index (χ1v) is 9.88. The number of aryl methyl sites for hydroxylation is 1. The van der Waals surface area contributed by atoms with Gasteiger partial charge in [-0.15, -0.1) is 0 Å². The highest BCUT2D eigenvalue weighted by molar-refractivity contribution is 7.91. The van der Waals surface area contributed by atoms with Gasteiger partial charge in [-0.3, -0.25) is 9.59 Å². The van der Waals surface area contributed by atoms with Crippen molar-refractivity contribution in [1.82, 2.24) is 0 Å². The molecule has 1 N–H and O–H groups in total. The van der Waals surface area contributed by atoms with E-state index < -0.39 is 27.3 Å². The molecule has 0 fully saturated rings. The number of fused-ring (bicyclic) bond motifs is 2. The van der Waals surface area contributed by atoms with Gasteiger partial charge in [0, 0.05) is 16.7 Å². The van der Waals surface area contributed by atoms with Crippen molar-refractivity contribution in [3.8, 4) is 0 Å². The zero-order valence-corrected chi connectivity index (χ0v) is 15.5. The number of anilines is 1. The van der Waals surface area contributed by atoms with Crippen LogP contribution in [0.25, 0.3) is 0 Å². The average Bonchev–Trinajstić information content (AvgIpc) is 2.69. The van der Waals surface area contributed by atoms with E-state index in [0.717, 1.165) is 11.6 Å². The second-order valence-corrected chi connectivity index (χ2v) is 8.36. The van der Waals surface area contributed by atoms with Gasteiger partial charge in [0.15, 0.2) is 5.78 Å². The molecule has 28 heavy (non-hydrogen) atoms. The summed E-state index contributed by atoms with van der Waals surface area (Å²) in [6.07, 6.45) is 0. The Hall–Kier alpha value is -3.32. The second-order valence-electron chi connectivity index (χ2n) is 6.48. The molecule has 0 saturated heterocycles. The average molecular weight is 395 g/mol. The van der Waals surface area contributed by atoms with Crippen molar-refractivity contribution < 1.29 is 22.4 Å². The van der Waals surface area contributed by atoms with Gasteiger partial charge in [-0.2, -0.15) is 0 Å². The Morgan fingerprint density at radius 2 is 1.64 bits per heavy atom. The Labute approximate surface area is 160 Å². The van der Waals surface area contributed by atoms with Gasteiger partial charge in [0.05, 0.1) is 15.5 Å². The monoisotopic (exact) mass is 395 g/mol. The molecule has 7 heteroatoms. The summed E-state index contributed by atoms with van der Waals surface area (Å²) in [5, 5.41) is 2.44. The lowest BCUT2D eigenvalue weighted by atomic mass is 10.0. The molecule has 1 aliphatic rings. The summed E-state index contributed by atoms with van der Waals surface area (Å²) in [5.74, 6) is -1.69. The summed E-state index contributed by atoms with van der Waals surface area (Å²) < 4.78 is 39.8. The third kappa shape index (κ3) is 2.80. The van der Waals surface area contributed by atoms with Crippen LogP contribution in [-0.4, -0.2) is 20.1 Å². The molecular formula is C21H14FNO4S. The van der Waals surface area contributed by atoms with Crippen LogP contribution in [0.1, 0.15) is 31.8 Å². The Morgan fingerprint density at radius 3 is 2.43 bits per heavy atom. The molecule has 3 aromatic rings. The van der Waals surface area contributed by atoms with E-state index in [0.29, 0.717) is 0 Å². The fourth-order valence-electron chi connectivity index (χ4n) is 3.15. The summed E-state index contributed by atoms with van der Waals surface area (Å²) in [7, 11) is -3.95. The highest BCUT2D eigenvalue weighted by atomic mass is 32.2. The molecule has 0 atom stereocenters.